The summed E-state index contributed by atoms with van der Waals surface area (Å²) in [7, 11) is -2.06. The highest BCUT2D eigenvalue weighted by molar-refractivity contribution is 7.89. The summed E-state index contributed by atoms with van der Waals surface area (Å²) in [4.78, 5) is 1.71. The molecule has 0 amide bonds. The van der Waals surface area contributed by atoms with Crippen LogP contribution in [-0.2, 0) is 10.0 Å². The van der Waals surface area contributed by atoms with Crippen molar-refractivity contribution in [3.05, 3.63) is 48.0 Å². The third-order valence-electron chi connectivity index (χ3n) is 3.01. The molecule has 0 spiro atoms. The summed E-state index contributed by atoms with van der Waals surface area (Å²) >= 11 is 0. The van der Waals surface area contributed by atoms with Gasteiger partial charge in [0, 0.05) is 24.1 Å². The second-order valence-electron chi connectivity index (χ2n) is 4.52. The predicted molar refractivity (Wildman–Crippen MR) is 81.4 cm³/mol. The lowest BCUT2D eigenvalue weighted by Gasteiger charge is -2.20. The van der Waals surface area contributed by atoms with Gasteiger partial charge in [-0.2, -0.15) is 5.26 Å². The smallest absolute Gasteiger partial charge is 0.238 e. The minimum absolute atomic E-state index is 0.0435. The van der Waals surface area contributed by atoms with Crippen LogP contribution in [0.15, 0.2) is 47.4 Å². The van der Waals surface area contributed by atoms with E-state index in [0.717, 1.165) is 5.69 Å². The van der Waals surface area contributed by atoms with E-state index in [-0.39, 0.29) is 4.90 Å². The van der Waals surface area contributed by atoms with Crippen molar-refractivity contribution in [2.75, 3.05) is 17.7 Å². The first kappa shape index (κ1) is 14.8. The molecule has 2 aromatic rings. The van der Waals surface area contributed by atoms with E-state index >= 15 is 0 Å². The zero-order valence-electron chi connectivity index (χ0n) is 11.3. The molecule has 21 heavy (non-hydrogen) atoms. The van der Waals surface area contributed by atoms with Gasteiger partial charge < -0.3 is 10.6 Å². The van der Waals surface area contributed by atoms with E-state index in [2.05, 4.69) is 0 Å². The fourth-order valence-corrected chi connectivity index (χ4v) is 2.46. The minimum atomic E-state index is -3.82. The third-order valence-corrected chi connectivity index (χ3v) is 3.91. The quantitative estimate of drug-likeness (QED) is 0.835. The molecule has 7 heteroatoms. The summed E-state index contributed by atoms with van der Waals surface area (Å²) in [5.41, 5.74) is 7.96. The van der Waals surface area contributed by atoms with Gasteiger partial charge in [0.1, 0.15) is 0 Å². The molecule has 6 nitrogen and oxygen atoms in total. The SMILES string of the molecule is CN(c1ccc(C#N)cc1)c1cc(N)cc(S(N)(=O)=O)c1. The van der Waals surface area contributed by atoms with Crippen molar-refractivity contribution in [3.63, 3.8) is 0 Å². The maximum absolute atomic E-state index is 11.4. The minimum Gasteiger partial charge on any atom is -0.399 e. The van der Waals surface area contributed by atoms with Gasteiger partial charge in [-0.25, -0.2) is 13.6 Å². The standard InChI is InChI=1S/C14H14N4O2S/c1-18(12-4-2-10(9-15)3-5-12)13-6-11(16)7-14(8-13)21(17,19)20/h2-8H,16H2,1H3,(H2,17,19,20). The van der Waals surface area contributed by atoms with Crippen LogP contribution in [0.25, 0.3) is 0 Å². The molecule has 0 fully saturated rings. The Morgan fingerprint density at radius 3 is 2.24 bits per heavy atom. The zero-order chi connectivity index (χ0) is 15.6. The van der Waals surface area contributed by atoms with Crippen LogP contribution in [-0.4, -0.2) is 15.5 Å². The lowest BCUT2D eigenvalue weighted by atomic mass is 10.2. The molecule has 2 aromatic carbocycles. The van der Waals surface area contributed by atoms with E-state index in [9.17, 15) is 8.42 Å². The molecule has 0 bridgehead atoms. The van der Waals surface area contributed by atoms with Gasteiger partial charge in [-0.3, -0.25) is 0 Å². The van der Waals surface area contributed by atoms with E-state index in [1.54, 1.807) is 42.3 Å². The second-order valence-corrected chi connectivity index (χ2v) is 6.08. The average Bonchev–Trinajstić information content (AvgIpc) is 2.45. The Hall–Kier alpha value is -2.56. The molecule has 0 radical (unpaired) electrons. The number of anilines is 3. The van der Waals surface area contributed by atoms with Crippen molar-refractivity contribution in [2.24, 2.45) is 5.14 Å². The lowest BCUT2D eigenvalue weighted by molar-refractivity contribution is 0.598. The van der Waals surface area contributed by atoms with Gasteiger partial charge in [0.15, 0.2) is 0 Å². The number of nitrogen functional groups attached to an aromatic ring is 1. The largest absolute Gasteiger partial charge is 0.399 e. The molecule has 0 saturated carbocycles. The van der Waals surface area contributed by atoms with E-state index in [1.165, 1.54) is 12.1 Å². The predicted octanol–water partition coefficient (Wildman–Crippen LogP) is 1.56. The number of hydrogen-bond donors (Lipinski definition) is 2. The Morgan fingerprint density at radius 2 is 1.71 bits per heavy atom. The van der Waals surface area contributed by atoms with Gasteiger partial charge in [0.2, 0.25) is 10.0 Å². The summed E-state index contributed by atoms with van der Waals surface area (Å²) in [6.45, 7) is 0. The van der Waals surface area contributed by atoms with E-state index in [1.807, 2.05) is 6.07 Å². The van der Waals surface area contributed by atoms with Crippen molar-refractivity contribution in [2.45, 2.75) is 4.90 Å². The van der Waals surface area contributed by atoms with E-state index in [0.29, 0.717) is 16.9 Å². The molecule has 0 aromatic heterocycles. The van der Waals surface area contributed by atoms with Crippen LogP contribution < -0.4 is 15.8 Å². The Morgan fingerprint density at radius 1 is 1.10 bits per heavy atom. The topological polar surface area (TPSA) is 113 Å². The van der Waals surface area contributed by atoms with Crippen molar-refractivity contribution in [1.82, 2.24) is 0 Å². The monoisotopic (exact) mass is 302 g/mol. The number of nitrogens with zero attached hydrogens (tertiary/aromatic N) is 2. The summed E-state index contributed by atoms with van der Waals surface area (Å²) in [6.07, 6.45) is 0. The van der Waals surface area contributed by atoms with Gasteiger partial charge in [-0.1, -0.05) is 0 Å². The number of sulfonamides is 1. The van der Waals surface area contributed by atoms with E-state index in [4.69, 9.17) is 16.1 Å². The third kappa shape index (κ3) is 3.31. The number of nitrogens with two attached hydrogens (primary N) is 2. The molecular weight excluding hydrogens is 288 g/mol. The zero-order valence-corrected chi connectivity index (χ0v) is 12.1. The van der Waals surface area contributed by atoms with Crippen molar-refractivity contribution in [1.29, 1.82) is 5.26 Å². The van der Waals surface area contributed by atoms with Crippen molar-refractivity contribution >= 4 is 27.1 Å². The number of benzene rings is 2. The van der Waals surface area contributed by atoms with Crippen LogP contribution >= 0.6 is 0 Å². The van der Waals surface area contributed by atoms with Crippen molar-refractivity contribution < 1.29 is 8.42 Å². The lowest BCUT2D eigenvalue weighted by Crippen LogP contribution is -2.15. The van der Waals surface area contributed by atoms with Crippen LogP contribution in [0.3, 0.4) is 0 Å². The number of rotatable bonds is 3. The maximum Gasteiger partial charge on any atom is 0.238 e. The molecule has 0 atom stereocenters. The molecule has 108 valence electrons. The summed E-state index contributed by atoms with van der Waals surface area (Å²) < 4.78 is 22.9. The molecule has 0 aliphatic heterocycles. The van der Waals surface area contributed by atoms with Crippen LogP contribution in [0.5, 0.6) is 0 Å². The first-order chi connectivity index (χ1) is 9.81. The second kappa shape index (κ2) is 5.44. The molecule has 0 unspecified atom stereocenters. The molecule has 2 rings (SSSR count). The average molecular weight is 302 g/mol. The summed E-state index contributed by atoms with van der Waals surface area (Å²) in [5, 5.41) is 13.9. The molecule has 0 aliphatic rings. The highest BCUT2D eigenvalue weighted by Crippen LogP contribution is 2.28. The van der Waals surface area contributed by atoms with Gasteiger partial charge in [-0.05, 0) is 42.5 Å². The van der Waals surface area contributed by atoms with Crippen molar-refractivity contribution in [3.8, 4) is 6.07 Å². The molecule has 4 N–H and O–H groups in total. The molecule has 0 saturated heterocycles. The van der Waals surface area contributed by atoms with Gasteiger partial charge in [-0.15, -0.1) is 0 Å². The van der Waals surface area contributed by atoms with Crippen LogP contribution in [0.4, 0.5) is 17.1 Å². The Balaban J connectivity index is 2.45. The summed E-state index contributed by atoms with van der Waals surface area (Å²) in [6, 6.07) is 13.3. The number of nitriles is 1. The fourth-order valence-electron chi connectivity index (χ4n) is 1.87. The van der Waals surface area contributed by atoms with Gasteiger partial charge in [0.05, 0.1) is 16.5 Å². The number of hydrogen-bond acceptors (Lipinski definition) is 5. The Labute approximate surface area is 123 Å². The molecule has 0 heterocycles. The first-order valence-electron chi connectivity index (χ1n) is 5.98. The number of primary sulfonamides is 1. The van der Waals surface area contributed by atoms with Crippen LogP contribution in [0.1, 0.15) is 5.56 Å². The first-order valence-corrected chi connectivity index (χ1v) is 7.53. The Kier molecular flexibility index (Phi) is 3.84. The highest BCUT2D eigenvalue weighted by Gasteiger charge is 2.12. The summed E-state index contributed by atoms with van der Waals surface area (Å²) in [5.74, 6) is 0. The maximum atomic E-state index is 11.4. The highest BCUT2D eigenvalue weighted by atomic mass is 32.2. The van der Waals surface area contributed by atoms with E-state index < -0.39 is 10.0 Å². The normalized spacial score (nSPS) is 10.9. The fraction of sp³-hybridized carbons (Fsp3) is 0.0714. The Bertz CT molecular complexity index is 808. The van der Waals surface area contributed by atoms with Crippen LogP contribution in [0.2, 0.25) is 0 Å². The van der Waals surface area contributed by atoms with Crippen LogP contribution in [0, 0.1) is 11.3 Å². The van der Waals surface area contributed by atoms with Gasteiger partial charge in [0.25, 0.3) is 0 Å². The molecule has 0 aliphatic carbocycles. The van der Waals surface area contributed by atoms with Gasteiger partial charge >= 0.3 is 0 Å². The molecular formula is C14H14N4O2S.